The van der Waals surface area contributed by atoms with E-state index in [1.165, 1.54) is 16.7 Å². The Balaban J connectivity index is 1.37. The van der Waals surface area contributed by atoms with Crippen molar-refractivity contribution < 1.29 is 19.0 Å². The average molecular weight is 684 g/mol. The lowest BCUT2D eigenvalue weighted by atomic mass is 9.95. The molecule has 5 aromatic rings. The van der Waals surface area contributed by atoms with Crippen molar-refractivity contribution in [2.24, 2.45) is 4.99 Å². The van der Waals surface area contributed by atoms with Gasteiger partial charge in [0.1, 0.15) is 6.61 Å². The SMILES string of the molecule is CCOC(=O)C1=C(C)N=c2s/c(=C/c3cc(OC)c(OCc4ccc5ccccc5c4)cc3Br)c(=O)n2[C@@H]1c1ccc(C)cc1. The van der Waals surface area contributed by atoms with Crippen LogP contribution < -0.4 is 24.4 Å². The number of fused-ring (bicyclic) bond motifs is 2. The number of aryl methyl sites for hydroxylation is 1. The third kappa shape index (κ3) is 6.10. The zero-order chi connectivity index (χ0) is 31.7. The highest BCUT2D eigenvalue weighted by molar-refractivity contribution is 9.10. The van der Waals surface area contributed by atoms with Crippen molar-refractivity contribution in [2.75, 3.05) is 13.7 Å². The Morgan fingerprint density at radius 3 is 2.49 bits per heavy atom. The smallest absolute Gasteiger partial charge is 0.338 e. The van der Waals surface area contributed by atoms with Gasteiger partial charge in [0, 0.05) is 4.47 Å². The number of methoxy groups -OCH3 is 1. The lowest BCUT2D eigenvalue weighted by molar-refractivity contribution is -0.139. The fourth-order valence-electron chi connectivity index (χ4n) is 5.42. The van der Waals surface area contributed by atoms with Crippen LogP contribution in [0.15, 0.2) is 104 Å². The number of hydrogen-bond donors (Lipinski definition) is 0. The Labute approximate surface area is 272 Å². The zero-order valence-electron chi connectivity index (χ0n) is 25.3. The van der Waals surface area contributed by atoms with Gasteiger partial charge in [-0.3, -0.25) is 9.36 Å². The summed E-state index contributed by atoms with van der Waals surface area (Å²) in [5, 5.41) is 2.33. The van der Waals surface area contributed by atoms with E-state index < -0.39 is 12.0 Å². The minimum absolute atomic E-state index is 0.221. The number of aromatic nitrogens is 1. The highest BCUT2D eigenvalue weighted by atomic mass is 79.9. The largest absolute Gasteiger partial charge is 0.493 e. The molecule has 0 saturated heterocycles. The minimum atomic E-state index is -0.660. The first-order chi connectivity index (χ1) is 21.8. The van der Waals surface area contributed by atoms with E-state index in [-0.39, 0.29) is 12.2 Å². The van der Waals surface area contributed by atoms with Crippen molar-refractivity contribution in [1.29, 1.82) is 0 Å². The summed E-state index contributed by atoms with van der Waals surface area (Å²) in [7, 11) is 1.59. The number of nitrogens with zero attached hydrogens (tertiary/aromatic N) is 2. The first-order valence-corrected chi connectivity index (χ1v) is 16.1. The molecule has 4 aromatic carbocycles. The van der Waals surface area contributed by atoms with Crippen molar-refractivity contribution in [2.45, 2.75) is 33.4 Å². The fourth-order valence-corrected chi connectivity index (χ4v) is 6.89. The Morgan fingerprint density at radius 2 is 1.76 bits per heavy atom. The molecule has 0 N–H and O–H groups in total. The quantitative estimate of drug-likeness (QED) is 0.172. The molecule has 0 spiro atoms. The number of thiazole rings is 1. The maximum Gasteiger partial charge on any atom is 0.338 e. The monoisotopic (exact) mass is 682 g/mol. The van der Waals surface area contributed by atoms with Gasteiger partial charge in [0.25, 0.3) is 5.56 Å². The molecule has 1 aliphatic rings. The Morgan fingerprint density at radius 1 is 1.00 bits per heavy atom. The first kappa shape index (κ1) is 30.6. The minimum Gasteiger partial charge on any atom is -0.493 e. The van der Waals surface area contributed by atoms with E-state index >= 15 is 0 Å². The normalized spacial score (nSPS) is 14.7. The molecule has 0 bridgehead atoms. The Kier molecular flexibility index (Phi) is 8.74. The van der Waals surface area contributed by atoms with E-state index in [4.69, 9.17) is 14.2 Å². The number of allylic oxidation sites excluding steroid dienone is 1. The number of esters is 1. The van der Waals surface area contributed by atoms with E-state index in [1.54, 1.807) is 31.6 Å². The molecule has 0 fully saturated rings. The van der Waals surface area contributed by atoms with Crippen LogP contribution in [0.25, 0.3) is 16.8 Å². The summed E-state index contributed by atoms with van der Waals surface area (Å²) in [5.41, 5.74) is 4.30. The second kappa shape index (κ2) is 12.9. The van der Waals surface area contributed by atoms with Crippen molar-refractivity contribution in [3.05, 3.63) is 137 Å². The van der Waals surface area contributed by atoms with Gasteiger partial charge in [0.05, 0.1) is 35.6 Å². The molecule has 1 aromatic heterocycles. The van der Waals surface area contributed by atoms with E-state index in [0.29, 0.717) is 38.7 Å². The Hall–Kier alpha value is -4.47. The van der Waals surface area contributed by atoms with Gasteiger partial charge in [-0.1, -0.05) is 93.5 Å². The molecule has 45 heavy (non-hydrogen) atoms. The van der Waals surface area contributed by atoms with Gasteiger partial charge in [-0.05, 0) is 72.5 Å². The zero-order valence-corrected chi connectivity index (χ0v) is 27.7. The molecule has 228 valence electrons. The summed E-state index contributed by atoms with van der Waals surface area (Å²) in [5.74, 6) is 0.631. The van der Waals surface area contributed by atoms with Crippen molar-refractivity contribution in [3.63, 3.8) is 0 Å². The van der Waals surface area contributed by atoms with Crippen LogP contribution in [0.4, 0.5) is 0 Å². The Bertz CT molecular complexity index is 2150. The first-order valence-electron chi connectivity index (χ1n) is 14.5. The maximum absolute atomic E-state index is 14.0. The van der Waals surface area contributed by atoms with E-state index in [1.807, 2.05) is 55.5 Å². The number of ether oxygens (including phenoxy) is 3. The van der Waals surface area contributed by atoms with Crippen LogP contribution in [0, 0.1) is 6.92 Å². The van der Waals surface area contributed by atoms with Crippen LogP contribution in [0.3, 0.4) is 0 Å². The lowest BCUT2D eigenvalue weighted by Crippen LogP contribution is -2.39. The number of rotatable bonds is 8. The van der Waals surface area contributed by atoms with Crippen LogP contribution in [0.1, 0.15) is 42.1 Å². The maximum atomic E-state index is 14.0. The van der Waals surface area contributed by atoms with E-state index in [2.05, 4.69) is 51.3 Å². The molecule has 0 radical (unpaired) electrons. The third-order valence-electron chi connectivity index (χ3n) is 7.69. The van der Waals surface area contributed by atoms with Gasteiger partial charge >= 0.3 is 5.97 Å². The highest BCUT2D eigenvalue weighted by Crippen LogP contribution is 2.35. The molecule has 2 heterocycles. The van der Waals surface area contributed by atoms with Gasteiger partial charge in [-0.15, -0.1) is 0 Å². The molecule has 0 saturated carbocycles. The van der Waals surface area contributed by atoms with Gasteiger partial charge in [-0.25, -0.2) is 9.79 Å². The van der Waals surface area contributed by atoms with E-state index in [0.717, 1.165) is 32.1 Å². The second-order valence-electron chi connectivity index (χ2n) is 10.7. The van der Waals surface area contributed by atoms with Gasteiger partial charge in [-0.2, -0.15) is 0 Å². The van der Waals surface area contributed by atoms with Crippen LogP contribution in [0.5, 0.6) is 11.5 Å². The van der Waals surface area contributed by atoms with Gasteiger partial charge in [0.15, 0.2) is 16.3 Å². The molecule has 9 heteroatoms. The van der Waals surface area contributed by atoms with Crippen LogP contribution in [-0.2, 0) is 16.1 Å². The summed E-state index contributed by atoms with van der Waals surface area (Å²) >= 11 is 4.94. The molecular formula is C36H31BrN2O5S. The summed E-state index contributed by atoms with van der Waals surface area (Å²) < 4.78 is 20.1. The topological polar surface area (TPSA) is 79.1 Å². The number of benzene rings is 4. The van der Waals surface area contributed by atoms with E-state index in [9.17, 15) is 9.59 Å². The predicted molar refractivity (Wildman–Crippen MR) is 181 cm³/mol. The number of carbonyl (C=O) groups excluding carboxylic acids is 1. The molecule has 7 nitrogen and oxygen atoms in total. The van der Waals surface area contributed by atoms with Crippen LogP contribution in [0.2, 0.25) is 0 Å². The standard InChI is InChI=1S/C36H31BrN2O5S/c1-5-43-35(41)32-22(3)38-36-39(33(32)25-13-10-21(2)11-14-25)34(40)31(45-36)18-27-17-29(42-4)30(19-28(27)37)44-20-23-12-15-24-8-6-7-9-26(24)16-23/h6-19,33H,5,20H2,1-4H3/b31-18+/t33-/m1/s1. The molecule has 0 aliphatic carbocycles. The highest BCUT2D eigenvalue weighted by Gasteiger charge is 2.33. The van der Waals surface area contributed by atoms with Gasteiger partial charge in [0.2, 0.25) is 0 Å². The fraction of sp³-hybridized carbons (Fsp3) is 0.194. The predicted octanol–water partition coefficient (Wildman–Crippen LogP) is 6.61. The molecule has 1 atom stereocenters. The van der Waals surface area contributed by atoms with Crippen LogP contribution >= 0.6 is 27.3 Å². The number of halogens is 1. The van der Waals surface area contributed by atoms with Crippen LogP contribution in [-0.4, -0.2) is 24.3 Å². The molecule has 0 amide bonds. The molecular weight excluding hydrogens is 652 g/mol. The number of hydrogen-bond acceptors (Lipinski definition) is 7. The van der Waals surface area contributed by atoms with Gasteiger partial charge < -0.3 is 14.2 Å². The summed E-state index contributed by atoms with van der Waals surface area (Å²) in [4.78, 5) is 32.3. The third-order valence-corrected chi connectivity index (χ3v) is 9.36. The average Bonchev–Trinajstić information content (AvgIpc) is 3.34. The molecule has 6 rings (SSSR count). The second-order valence-corrected chi connectivity index (χ2v) is 12.6. The van der Waals surface area contributed by atoms with Crippen molar-refractivity contribution >= 4 is 50.1 Å². The van der Waals surface area contributed by atoms with Crippen molar-refractivity contribution in [1.82, 2.24) is 4.57 Å². The molecule has 1 aliphatic heterocycles. The van der Waals surface area contributed by atoms with Crippen molar-refractivity contribution in [3.8, 4) is 11.5 Å². The summed E-state index contributed by atoms with van der Waals surface area (Å²) in [6.45, 7) is 6.12. The summed E-state index contributed by atoms with van der Waals surface area (Å²) in [6.07, 6.45) is 1.80. The molecule has 0 unspecified atom stereocenters. The summed E-state index contributed by atoms with van der Waals surface area (Å²) in [6, 6.07) is 25.3. The lowest BCUT2D eigenvalue weighted by Gasteiger charge is -2.24. The number of carbonyl (C=O) groups is 1.